The molecule has 0 bridgehead atoms. The number of rotatable bonds is 2. The minimum Gasteiger partial charge on any atom is -0.315 e. The molecule has 1 heterocycles. The molecule has 1 aromatic rings. The van der Waals surface area contributed by atoms with Gasteiger partial charge in [0.05, 0.1) is 5.56 Å². The van der Waals surface area contributed by atoms with Gasteiger partial charge in [0.2, 0.25) is 0 Å². The van der Waals surface area contributed by atoms with E-state index in [1.54, 1.807) is 12.1 Å². The SMILES string of the molecule is CC1(C)CNCCN(Cc2ccc(C(F)(F)F)cc2)C1. The first-order valence-corrected chi connectivity index (χ1v) is 6.85. The summed E-state index contributed by atoms with van der Waals surface area (Å²) in [7, 11) is 0. The van der Waals surface area contributed by atoms with E-state index in [0.29, 0.717) is 6.54 Å². The van der Waals surface area contributed by atoms with E-state index in [0.717, 1.165) is 43.9 Å². The summed E-state index contributed by atoms with van der Waals surface area (Å²) in [5.74, 6) is 0. The van der Waals surface area contributed by atoms with Crippen LogP contribution in [0.4, 0.5) is 13.2 Å². The Balaban J connectivity index is 2.02. The quantitative estimate of drug-likeness (QED) is 0.898. The van der Waals surface area contributed by atoms with Crippen LogP contribution in [0, 0.1) is 5.41 Å². The molecule has 0 unspecified atom stereocenters. The fraction of sp³-hybridized carbons (Fsp3) is 0.600. The van der Waals surface area contributed by atoms with E-state index in [1.807, 2.05) is 0 Å². The monoisotopic (exact) mass is 286 g/mol. The summed E-state index contributed by atoms with van der Waals surface area (Å²) in [5.41, 5.74) is 0.525. The molecular weight excluding hydrogens is 265 g/mol. The molecular formula is C15H21F3N2. The van der Waals surface area contributed by atoms with Gasteiger partial charge in [0.1, 0.15) is 0 Å². The van der Waals surface area contributed by atoms with Crippen LogP contribution >= 0.6 is 0 Å². The van der Waals surface area contributed by atoms with Crippen LogP contribution in [0.5, 0.6) is 0 Å². The van der Waals surface area contributed by atoms with Gasteiger partial charge in [-0.2, -0.15) is 13.2 Å². The van der Waals surface area contributed by atoms with Crippen molar-refractivity contribution in [1.29, 1.82) is 0 Å². The third kappa shape index (κ3) is 4.21. The molecule has 0 saturated carbocycles. The van der Waals surface area contributed by atoms with Gasteiger partial charge in [-0.05, 0) is 23.1 Å². The van der Waals surface area contributed by atoms with Crippen LogP contribution < -0.4 is 5.32 Å². The summed E-state index contributed by atoms with van der Waals surface area (Å²) in [5, 5.41) is 3.39. The zero-order chi connectivity index (χ0) is 14.8. The van der Waals surface area contributed by atoms with E-state index in [4.69, 9.17) is 0 Å². The molecule has 2 nitrogen and oxygen atoms in total. The predicted molar refractivity (Wildman–Crippen MR) is 73.4 cm³/mol. The molecule has 0 aliphatic carbocycles. The zero-order valence-electron chi connectivity index (χ0n) is 11.9. The molecule has 1 saturated heterocycles. The van der Waals surface area contributed by atoms with Gasteiger partial charge < -0.3 is 5.32 Å². The third-order valence-electron chi connectivity index (χ3n) is 3.55. The molecule has 112 valence electrons. The molecule has 2 rings (SSSR count). The highest BCUT2D eigenvalue weighted by atomic mass is 19.4. The first kappa shape index (κ1) is 15.3. The Morgan fingerprint density at radius 3 is 2.45 bits per heavy atom. The van der Waals surface area contributed by atoms with Crippen molar-refractivity contribution in [2.45, 2.75) is 26.6 Å². The minimum atomic E-state index is -4.26. The Hall–Kier alpha value is -1.07. The fourth-order valence-corrected chi connectivity index (χ4v) is 2.60. The lowest BCUT2D eigenvalue weighted by Crippen LogP contribution is -2.34. The number of nitrogens with one attached hydrogen (secondary N) is 1. The van der Waals surface area contributed by atoms with Crippen LogP contribution in [0.2, 0.25) is 0 Å². The summed E-state index contributed by atoms with van der Waals surface area (Å²) in [6.07, 6.45) is -4.26. The fourth-order valence-electron chi connectivity index (χ4n) is 2.60. The summed E-state index contributed by atoms with van der Waals surface area (Å²) >= 11 is 0. The topological polar surface area (TPSA) is 15.3 Å². The molecule has 0 spiro atoms. The molecule has 0 atom stereocenters. The number of halogens is 3. The van der Waals surface area contributed by atoms with Gasteiger partial charge in [0.25, 0.3) is 0 Å². The molecule has 1 aliphatic rings. The van der Waals surface area contributed by atoms with Crippen molar-refractivity contribution >= 4 is 0 Å². The highest BCUT2D eigenvalue weighted by molar-refractivity contribution is 5.24. The van der Waals surface area contributed by atoms with Gasteiger partial charge in [0, 0.05) is 32.7 Å². The molecule has 20 heavy (non-hydrogen) atoms. The molecule has 1 aromatic carbocycles. The average Bonchev–Trinajstić information content (AvgIpc) is 2.49. The number of alkyl halides is 3. The van der Waals surface area contributed by atoms with Gasteiger partial charge in [-0.1, -0.05) is 26.0 Å². The van der Waals surface area contributed by atoms with Gasteiger partial charge in [0.15, 0.2) is 0 Å². The van der Waals surface area contributed by atoms with Crippen LogP contribution in [0.15, 0.2) is 24.3 Å². The lowest BCUT2D eigenvalue weighted by atomic mass is 9.93. The van der Waals surface area contributed by atoms with Gasteiger partial charge >= 0.3 is 6.18 Å². The number of benzene rings is 1. The standard InChI is InChI=1S/C15H21F3N2/c1-14(2)10-19-7-8-20(11-14)9-12-3-5-13(6-4-12)15(16,17)18/h3-6,19H,7-11H2,1-2H3. The Bertz CT molecular complexity index is 437. The average molecular weight is 286 g/mol. The molecule has 1 N–H and O–H groups in total. The van der Waals surface area contributed by atoms with Crippen molar-refractivity contribution in [1.82, 2.24) is 10.2 Å². The molecule has 0 radical (unpaired) electrons. The summed E-state index contributed by atoms with van der Waals surface area (Å²) < 4.78 is 37.5. The maximum absolute atomic E-state index is 12.5. The zero-order valence-corrected chi connectivity index (χ0v) is 11.9. The number of nitrogens with zero attached hydrogens (tertiary/aromatic N) is 1. The lowest BCUT2D eigenvalue weighted by Gasteiger charge is -2.29. The summed E-state index contributed by atoms with van der Waals surface area (Å²) in [4.78, 5) is 2.29. The second-order valence-corrected chi connectivity index (χ2v) is 6.25. The van der Waals surface area contributed by atoms with Crippen molar-refractivity contribution in [3.8, 4) is 0 Å². The van der Waals surface area contributed by atoms with Crippen molar-refractivity contribution in [3.63, 3.8) is 0 Å². The van der Waals surface area contributed by atoms with Crippen LogP contribution in [0.3, 0.4) is 0 Å². The smallest absolute Gasteiger partial charge is 0.315 e. The highest BCUT2D eigenvalue weighted by Crippen LogP contribution is 2.29. The maximum Gasteiger partial charge on any atom is 0.416 e. The van der Waals surface area contributed by atoms with Crippen molar-refractivity contribution in [2.75, 3.05) is 26.2 Å². The predicted octanol–water partition coefficient (Wildman–Crippen LogP) is 3.14. The van der Waals surface area contributed by atoms with Crippen molar-refractivity contribution < 1.29 is 13.2 Å². The van der Waals surface area contributed by atoms with Crippen LogP contribution in [-0.2, 0) is 12.7 Å². The van der Waals surface area contributed by atoms with Crippen LogP contribution in [0.25, 0.3) is 0 Å². The summed E-state index contributed by atoms with van der Waals surface area (Å²) in [6, 6.07) is 5.48. The summed E-state index contributed by atoms with van der Waals surface area (Å²) in [6.45, 7) is 8.85. The van der Waals surface area contributed by atoms with E-state index in [2.05, 4.69) is 24.1 Å². The van der Waals surface area contributed by atoms with E-state index in [-0.39, 0.29) is 5.41 Å². The molecule has 5 heteroatoms. The Labute approximate surface area is 118 Å². The largest absolute Gasteiger partial charge is 0.416 e. The highest BCUT2D eigenvalue weighted by Gasteiger charge is 2.30. The Kier molecular flexibility index (Phi) is 4.39. The van der Waals surface area contributed by atoms with Crippen molar-refractivity contribution in [2.24, 2.45) is 5.41 Å². The maximum atomic E-state index is 12.5. The van der Waals surface area contributed by atoms with Gasteiger partial charge in [-0.25, -0.2) is 0 Å². The Morgan fingerprint density at radius 2 is 1.85 bits per heavy atom. The Morgan fingerprint density at radius 1 is 1.20 bits per heavy atom. The molecule has 1 fully saturated rings. The first-order valence-electron chi connectivity index (χ1n) is 6.85. The third-order valence-corrected chi connectivity index (χ3v) is 3.55. The lowest BCUT2D eigenvalue weighted by molar-refractivity contribution is -0.137. The van der Waals surface area contributed by atoms with Gasteiger partial charge in [-0.15, -0.1) is 0 Å². The van der Waals surface area contributed by atoms with Crippen LogP contribution in [0.1, 0.15) is 25.0 Å². The van der Waals surface area contributed by atoms with Crippen LogP contribution in [-0.4, -0.2) is 31.1 Å². The van der Waals surface area contributed by atoms with Gasteiger partial charge in [-0.3, -0.25) is 4.90 Å². The van der Waals surface area contributed by atoms with E-state index in [1.165, 1.54) is 0 Å². The second-order valence-electron chi connectivity index (χ2n) is 6.25. The first-order chi connectivity index (χ1) is 9.26. The van der Waals surface area contributed by atoms with Crippen molar-refractivity contribution in [3.05, 3.63) is 35.4 Å². The van der Waals surface area contributed by atoms with E-state index < -0.39 is 11.7 Å². The number of hydrogen-bond acceptors (Lipinski definition) is 2. The van der Waals surface area contributed by atoms with E-state index in [9.17, 15) is 13.2 Å². The number of hydrogen-bond donors (Lipinski definition) is 1. The molecule has 0 aromatic heterocycles. The minimum absolute atomic E-state index is 0.183. The molecule has 1 aliphatic heterocycles. The normalized spacial score (nSPS) is 20.6. The van der Waals surface area contributed by atoms with E-state index >= 15 is 0 Å². The second kappa shape index (κ2) is 5.74. The molecule has 0 amide bonds.